The monoisotopic (exact) mass is 322 g/mol. The molecule has 1 aromatic carbocycles. The van der Waals surface area contributed by atoms with Gasteiger partial charge in [0.15, 0.2) is 0 Å². The Bertz CT molecular complexity index is 514. The lowest BCUT2D eigenvalue weighted by molar-refractivity contribution is -0.143. The van der Waals surface area contributed by atoms with Crippen LogP contribution in [0.25, 0.3) is 0 Å². The summed E-state index contributed by atoms with van der Waals surface area (Å²) in [4.78, 5) is 26.1. The fraction of sp³-hybridized carbons (Fsp3) is 0.529. The van der Waals surface area contributed by atoms with Gasteiger partial charge in [-0.05, 0) is 24.6 Å². The number of carbonyl (C=O) groups excluding carboxylic acids is 2. The maximum absolute atomic E-state index is 12.5. The molecule has 0 radical (unpaired) electrons. The number of carbonyl (C=O) groups is 2. The molecular weight excluding hydrogens is 296 g/mol. The third kappa shape index (κ3) is 5.56. The summed E-state index contributed by atoms with van der Waals surface area (Å²) >= 11 is 0. The highest BCUT2D eigenvalue weighted by Crippen LogP contribution is 2.16. The smallest absolute Gasteiger partial charge is 0.242 e. The van der Waals surface area contributed by atoms with Crippen molar-refractivity contribution < 1.29 is 19.4 Å². The van der Waals surface area contributed by atoms with Crippen LogP contribution in [0.3, 0.4) is 0 Å². The molecule has 0 aliphatic carbocycles. The Kier molecular flexibility index (Phi) is 7.54. The van der Waals surface area contributed by atoms with Gasteiger partial charge in [-0.3, -0.25) is 9.59 Å². The van der Waals surface area contributed by atoms with Crippen molar-refractivity contribution in [2.75, 3.05) is 20.3 Å². The Morgan fingerprint density at radius 2 is 1.83 bits per heavy atom. The summed E-state index contributed by atoms with van der Waals surface area (Å²) in [6.45, 7) is 5.69. The molecule has 0 bridgehead atoms. The average Bonchev–Trinajstić information content (AvgIpc) is 2.56. The zero-order valence-corrected chi connectivity index (χ0v) is 14.2. The number of aliphatic hydroxyl groups is 1. The highest BCUT2D eigenvalue weighted by atomic mass is 16.5. The van der Waals surface area contributed by atoms with E-state index in [1.807, 2.05) is 38.1 Å². The number of benzene rings is 1. The predicted molar refractivity (Wildman–Crippen MR) is 87.9 cm³/mol. The van der Waals surface area contributed by atoms with Crippen LogP contribution in [0.1, 0.15) is 26.3 Å². The van der Waals surface area contributed by atoms with Crippen LogP contribution >= 0.6 is 0 Å². The maximum Gasteiger partial charge on any atom is 0.242 e. The van der Waals surface area contributed by atoms with Gasteiger partial charge in [0, 0.05) is 19.0 Å². The summed E-state index contributed by atoms with van der Waals surface area (Å²) in [6.07, 6.45) is 0. The van der Waals surface area contributed by atoms with Crippen molar-refractivity contribution in [3.05, 3.63) is 29.8 Å². The van der Waals surface area contributed by atoms with Crippen LogP contribution in [0.5, 0.6) is 5.75 Å². The topological polar surface area (TPSA) is 78.9 Å². The largest absolute Gasteiger partial charge is 0.497 e. The Balaban J connectivity index is 2.90. The number of aliphatic hydroxyl groups excluding tert-OH is 1. The van der Waals surface area contributed by atoms with Crippen LogP contribution < -0.4 is 10.1 Å². The Morgan fingerprint density at radius 3 is 2.30 bits per heavy atom. The van der Waals surface area contributed by atoms with E-state index >= 15 is 0 Å². The summed E-state index contributed by atoms with van der Waals surface area (Å²) in [5, 5.41) is 11.4. The molecule has 0 spiro atoms. The predicted octanol–water partition coefficient (Wildman–Crippen LogP) is 1.18. The number of nitrogens with one attached hydrogen (secondary N) is 1. The minimum absolute atomic E-state index is 0.0903. The zero-order valence-electron chi connectivity index (χ0n) is 14.2. The van der Waals surface area contributed by atoms with E-state index in [0.29, 0.717) is 6.54 Å². The van der Waals surface area contributed by atoms with Gasteiger partial charge in [0.2, 0.25) is 11.8 Å². The van der Waals surface area contributed by atoms with Crippen molar-refractivity contribution in [2.24, 2.45) is 5.92 Å². The van der Waals surface area contributed by atoms with Crippen LogP contribution in [0, 0.1) is 5.92 Å². The molecule has 23 heavy (non-hydrogen) atoms. The van der Waals surface area contributed by atoms with Crippen LogP contribution in [0.2, 0.25) is 0 Å². The third-order valence-corrected chi connectivity index (χ3v) is 3.55. The van der Waals surface area contributed by atoms with Gasteiger partial charge in [0.1, 0.15) is 11.8 Å². The molecule has 6 heteroatoms. The summed E-state index contributed by atoms with van der Waals surface area (Å²) in [6, 6.07) is 6.78. The highest BCUT2D eigenvalue weighted by molar-refractivity contribution is 5.88. The molecule has 2 amide bonds. The highest BCUT2D eigenvalue weighted by Gasteiger charge is 2.27. The number of rotatable bonds is 8. The lowest BCUT2D eigenvalue weighted by Gasteiger charge is -2.30. The number of ether oxygens (including phenoxy) is 1. The molecular formula is C17H26N2O4. The molecule has 0 saturated carbocycles. The minimum atomic E-state index is -0.612. The molecule has 0 aliphatic rings. The van der Waals surface area contributed by atoms with E-state index in [0.717, 1.165) is 11.3 Å². The Hall–Kier alpha value is -2.08. The molecule has 1 rings (SSSR count). The molecule has 0 fully saturated rings. The Morgan fingerprint density at radius 1 is 1.22 bits per heavy atom. The van der Waals surface area contributed by atoms with Gasteiger partial charge in [-0.1, -0.05) is 26.0 Å². The van der Waals surface area contributed by atoms with Crippen LogP contribution in [-0.4, -0.2) is 48.1 Å². The molecule has 128 valence electrons. The number of hydrogen-bond acceptors (Lipinski definition) is 4. The summed E-state index contributed by atoms with van der Waals surface area (Å²) in [5.41, 5.74) is 0.918. The Labute approximate surface area is 137 Å². The summed E-state index contributed by atoms with van der Waals surface area (Å²) in [5.74, 6) is 0.166. The molecule has 1 aromatic rings. The number of nitrogens with zero attached hydrogens (tertiary/aromatic N) is 1. The van der Waals surface area contributed by atoms with Crippen molar-refractivity contribution in [1.82, 2.24) is 10.2 Å². The number of hydrogen-bond donors (Lipinski definition) is 2. The lowest BCUT2D eigenvalue weighted by atomic mass is 10.1. The first-order valence-electron chi connectivity index (χ1n) is 7.72. The van der Waals surface area contributed by atoms with Gasteiger partial charge in [0.25, 0.3) is 0 Å². The molecule has 0 saturated heterocycles. The fourth-order valence-electron chi connectivity index (χ4n) is 2.13. The van der Waals surface area contributed by atoms with Crippen molar-refractivity contribution in [2.45, 2.75) is 33.4 Å². The van der Waals surface area contributed by atoms with Gasteiger partial charge >= 0.3 is 0 Å². The van der Waals surface area contributed by atoms with E-state index in [9.17, 15) is 9.59 Å². The molecule has 0 aliphatic heterocycles. The standard InChI is InChI=1S/C17H26N2O4/c1-12(2)17(22)19(13(3)16(21)18-9-10-20)11-14-5-7-15(23-4)8-6-14/h5-8,12-13,20H,9-11H2,1-4H3,(H,18,21)/t13-/m0/s1. The third-order valence-electron chi connectivity index (χ3n) is 3.55. The number of amides is 2. The zero-order chi connectivity index (χ0) is 17.4. The SMILES string of the molecule is COc1ccc(CN(C(=O)C(C)C)[C@@H](C)C(=O)NCCO)cc1. The van der Waals surface area contributed by atoms with Gasteiger partial charge < -0.3 is 20.1 Å². The van der Waals surface area contributed by atoms with Crippen molar-refractivity contribution in [3.63, 3.8) is 0 Å². The second-order valence-electron chi connectivity index (χ2n) is 5.66. The molecule has 1 atom stereocenters. The first-order chi connectivity index (χ1) is 10.9. The van der Waals surface area contributed by atoms with E-state index in [2.05, 4.69) is 5.32 Å². The molecule has 0 heterocycles. The van der Waals surface area contributed by atoms with Crippen molar-refractivity contribution >= 4 is 11.8 Å². The fourth-order valence-corrected chi connectivity index (χ4v) is 2.13. The first kappa shape index (κ1) is 19.0. The van der Waals surface area contributed by atoms with E-state index in [-0.39, 0.29) is 30.9 Å². The second-order valence-corrected chi connectivity index (χ2v) is 5.66. The van der Waals surface area contributed by atoms with Crippen LogP contribution in [-0.2, 0) is 16.1 Å². The minimum Gasteiger partial charge on any atom is -0.497 e. The van der Waals surface area contributed by atoms with Gasteiger partial charge in [-0.25, -0.2) is 0 Å². The molecule has 0 aromatic heterocycles. The number of methoxy groups -OCH3 is 1. The van der Waals surface area contributed by atoms with Crippen molar-refractivity contribution in [1.29, 1.82) is 0 Å². The maximum atomic E-state index is 12.5. The van der Waals surface area contributed by atoms with Gasteiger partial charge in [-0.2, -0.15) is 0 Å². The van der Waals surface area contributed by atoms with Crippen molar-refractivity contribution in [3.8, 4) is 5.75 Å². The molecule has 6 nitrogen and oxygen atoms in total. The van der Waals surface area contributed by atoms with Crippen LogP contribution in [0.15, 0.2) is 24.3 Å². The van der Waals surface area contributed by atoms with E-state index in [1.165, 1.54) is 0 Å². The molecule has 2 N–H and O–H groups in total. The van der Waals surface area contributed by atoms with E-state index in [4.69, 9.17) is 9.84 Å². The van der Waals surface area contributed by atoms with E-state index < -0.39 is 6.04 Å². The van der Waals surface area contributed by atoms with E-state index in [1.54, 1.807) is 18.9 Å². The molecule has 0 unspecified atom stereocenters. The average molecular weight is 322 g/mol. The van der Waals surface area contributed by atoms with Gasteiger partial charge in [0.05, 0.1) is 13.7 Å². The second kappa shape index (κ2) is 9.15. The van der Waals surface area contributed by atoms with Crippen LogP contribution in [0.4, 0.5) is 0 Å². The van der Waals surface area contributed by atoms with Gasteiger partial charge in [-0.15, -0.1) is 0 Å². The summed E-state index contributed by atoms with van der Waals surface area (Å²) < 4.78 is 5.12. The quantitative estimate of drug-likeness (QED) is 0.753. The first-order valence-corrected chi connectivity index (χ1v) is 7.72. The summed E-state index contributed by atoms with van der Waals surface area (Å²) in [7, 11) is 1.59. The lowest BCUT2D eigenvalue weighted by Crippen LogP contribution is -2.49. The normalized spacial score (nSPS) is 11.9.